The molecule has 1 aromatic carbocycles. The Kier molecular flexibility index (Phi) is 7.27. The lowest BCUT2D eigenvalue weighted by Crippen LogP contribution is -2.22. The Bertz CT molecular complexity index is 642. The van der Waals surface area contributed by atoms with Gasteiger partial charge in [0.15, 0.2) is 0 Å². The zero-order valence-corrected chi connectivity index (χ0v) is 13.6. The number of unbranched alkanes of at least 4 members (excludes halogenated alkanes) is 1. The smallest absolute Gasteiger partial charge is 0.433 e. The molecule has 1 heterocycles. The summed E-state index contributed by atoms with van der Waals surface area (Å²) in [4.78, 5) is 20.2. The molecule has 1 amide bonds. The fourth-order valence-electron chi connectivity index (χ4n) is 1.83. The average Bonchev–Trinajstić information content (AvgIpc) is 2.62. The Labute approximate surface area is 141 Å². The van der Waals surface area contributed by atoms with E-state index < -0.39 is 6.09 Å². The maximum Gasteiger partial charge on any atom is 0.433 e. The second-order valence-corrected chi connectivity index (χ2v) is 5.10. The molecule has 2 aromatic rings. The molecule has 0 unspecified atom stereocenters. The Morgan fingerprint density at radius 3 is 2.83 bits per heavy atom. The van der Waals surface area contributed by atoms with Crippen LogP contribution in [0.1, 0.15) is 30.9 Å². The van der Waals surface area contributed by atoms with Crippen LogP contribution in [0.25, 0.3) is 0 Å². The Morgan fingerprint density at radius 2 is 2.12 bits per heavy atom. The van der Waals surface area contributed by atoms with Gasteiger partial charge in [-0.3, -0.25) is 9.82 Å². The third kappa shape index (κ3) is 6.48. The van der Waals surface area contributed by atoms with Gasteiger partial charge in [-0.1, -0.05) is 36.7 Å². The summed E-state index contributed by atoms with van der Waals surface area (Å²) in [5.41, 5.74) is 1.70. The number of carbonyl (C=O) groups excluding carboxylic acids is 1. The van der Waals surface area contributed by atoms with Gasteiger partial charge in [0.2, 0.25) is 0 Å². The fourth-order valence-corrected chi connectivity index (χ4v) is 1.83. The first kappa shape index (κ1) is 17.5. The molecule has 1 N–H and O–H groups in total. The van der Waals surface area contributed by atoms with Gasteiger partial charge in [0.25, 0.3) is 0 Å². The monoisotopic (exact) mass is 327 g/mol. The summed E-state index contributed by atoms with van der Waals surface area (Å²) in [5, 5.41) is 6.24. The maximum atomic E-state index is 11.6. The lowest BCUT2D eigenvalue weighted by molar-refractivity contribution is 0.151. The summed E-state index contributed by atoms with van der Waals surface area (Å²) < 4.78 is 5.59. The number of amides is 1. The normalized spacial score (nSPS) is 10.5. The molecule has 0 spiro atoms. The van der Waals surface area contributed by atoms with Gasteiger partial charge in [0.05, 0.1) is 12.8 Å². The molecule has 0 radical (unpaired) electrons. The highest BCUT2D eigenvalue weighted by Crippen LogP contribution is 2.12. The SMILES string of the molecule is CCCCOc1ccc(CNC(=O)ON=Cc2cccnc2)cc1. The first-order valence-electron chi connectivity index (χ1n) is 7.88. The van der Waals surface area contributed by atoms with Crippen molar-refractivity contribution >= 4 is 12.3 Å². The predicted molar refractivity (Wildman–Crippen MR) is 92.0 cm³/mol. The Hall–Kier alpha value is -2.89. The van der Waals surface area contributed by atoms with Crippen molar-refractivity contribution in [1.29, 1.82) is 0 Å². The van der Waals surface area contributed by atoms with Crippen molar-refractivity contribution in [2.24, 2.45) is 5.16 Å². The van der Waals surface area contributed by atoms with Gasteiger partial charge >= 0.3 is 6.09 Å². The van der Waals surface area contributed by atoms with Crippen molar-refractivity contribution in [2.75, 3.05) is 6.61 Å². The van der Waals surface area contributed by atoms with Gasteiger partial charge in [-0.15, -0.1) is 0 Å². The van der Waals surface area contributed by atoms with E-state index in [1.54, 1.807) is 18.5 Å². The molecule has 24 heavy (non-hydrogen) atoms. The molecule has 0 saturated heterocycles. The molecule has 0 saturated carbocycles. The van der Waals surface area contributed by atoms with Crippen LogP contribution in [-0.2, 0) is 11.4 Å². The number of hydrogen-bond donors (Lipinski definition) is 1. The summed E-state index contributed by atoms with van der Waals surface area (Å²) >= 11 is 0. The summed E-state index contributed by atoms with van der Waals surface area (Å²) in [6, 6.07) is 11.2. The van der Waals surface area contributed by atoms with Crippen LogP contribution in [-0.4, -0.2) is 23.9 Å². The van der Waals surface area contributed by atoms with E-state index in [4.69, 9.17) is 9.57 Å². The lowest BCUT2D eigenvalue weighted by atomic mass is 10.2. The molecular formula is C18H21N3O3. The van der Waals surface area contributed by atoms with E-state index >= 15 is 0 Å². The summed E-state index contributed by atoms with van der Waals surface area (Å²) in [6.07, 6.45) is 6.23. The third-order valence-electron chi connectivity index (χ3n) is 3.15. The number of pyridine rings is 1. The van der Waals surface area contributed by atoms with E-state index in [1.165, 1.54) is 6.21 Å². The molecule has 0 aliphatic rings. The molecule has 0 fully saturated rings. The second-order valence-electron chi connectivity index (χ2n) is 5.10. The molecule has 0 aliphatic carbocycles. The number of aromatic nitrogens is 1. The molecule has 0 aliphatic heterocycles. The lowest BCUT2D eigenvalue weighted by Gasteiger charge is -2.07. The largest absolute Gasteiger partial charge is 0.494 e. The number of ether oxygens (including phenoxy) is 1. The molecule has 6 nitrogen and oxygen atoms in total. The van der Waals surface area contributed by atoms with Gasteiger partial charge in [-0.25, -0.2) is 4.79 Å². The summed E-state index contributed by atoms with van der Waals surface area (Å²) in [7, 11) is 0. The van der Waals surface area contributed by atoms with Gasteiger partial charge in [0, 0.05) is 24.5 Å². The van der Waals surface area contributed by atoms with Crippen LogP contribution in [0.2, 0.25) is 0 Å². The van der Waals surface area contributed by atoms with Gasteiger partial charge in [0.1, 0.15) is 5.75 Å². The molecule has 0 atom stereocenters. The summed E-state index contributed by atoms with van der Waals surface area (Å²) in [6.45, 7) is 3.20. The molecule has 0 bridgehead atoms. The minimum Gasteiger partial charge on any atom is -0.494 e. The number of nitrogens with one attached hydrogen (secondary N) is 1. The van der Waals surface area contributed by atoms with Crippen LogP contribution < -0.4 is 10.1 Å². The van der Waals surface area contributed by atoms with Crippen molar-refractivity contribution in [3.05, 3.63) is 59.9 Å². The molecular weight excluding hydrogens is 306 g/mol. The van der Waals surface area contributed by atoms with E-state index in [1.807, 2.05) is 30.3 Å². The molecule has 6 heteroatoms. The average molecular weight is 327 g/mol. The van der Waals surface area contributed by atoms with E-state index in [0.29, 0.717) is 6.54 Å². The zero-order valence-electron chi connectivity index (χ0n) is 13.6. The van der Waals surface area contributed by atoms with Crippen molar-refractivity contribution in [1.82, 2.24) is 10.3 Å². The number of hydrogen-bond acceptors (Lipinski definition) is 5. The predicted octanol–water partition coefficient (Wildman–Crippen LogP) is 3.52. The quantitative estimate of drug-likeness (QED) is 0.348. The highest BCUT2D eigenvalue weighted by Gasteiger charge is 2.02. The van der Waals surface area contributed by atoms with E-state index in [9.17, 15) is 4.79 Å². The van der Waals surface area contributed by atoms with Gasteiger partial charge in [-0.05, 0) is 30.2 Å². The first-order chi connectivity index (χ1) is 11.8. The van der Waals surface area contributed by atoms with Gasteiger partial charge in [-0.2, -0.15) is 0 Å². The van der Waals surface area contributed by atoms with Crippen LogP contribution in [0.3, 0.4) is 0 Å². The van der Waals surface area contributed by atoms with Crippen LogP contribution in [0.5, 0.6) is 5.75 Å². The van der Waals surface area contributed by atoms with E-state index in [2.05, 4.69) is 22.4 Å². The van der Waals surface area contributed by atoms with Crippen molar-refractivity contribution in [3.8, 4) is 5.75 Å². The van der Waals surface area contributed by atoms with Gasteiger partial charge < -0.3 is 10.1 Å². The van der Waals surface area contributed by atoms with E-state index in [-0.39, 0.29) is 0 Å². The Morgan fingerprint density at radius 1 is 1.29 bits per heavy atom. The molecule has 1 aromatic heterocycles. The number of carbonyl (C=O) groups is 1. The van der Waals surface area contributed by atoms with Crippen molar-refractivity contribution in [2.45, 2.75) is 26.3 Å². The van der Waals surface area contributed by atoms with Crippen LogP contribution in [0.4, 0.5) is 4.79 Å². The Balaban J connectivity index is 1.70. The van der Waals surface area contributed by atoms with E-state index in [0.717, 1.165) is 36.3 Å². The molecule has 126 valence electrons. The number of rotatable bonds is 8. The summed E-state index contributed by atoms with van der Waals surface area (Å²) in [5.74, 6) is 0.829. The van der Waals surface area contributed by atoms with Crippen LogP contribution >= 0.6 is 0 Å². The second kappa shape index (κ2) is 9.99. The topological polar surface area (TPSA) is 72.8 Å². The molecule has 2 rings (SSSR count). The third-order valence-corrected chi connectivity index (χ3v) is 3.15. The minimum atomic E-state index is -0.613. The highest BCUT2D eigenvalue weighted by molar-refractivity contribution is 5.79. The number of oxime groups is 1. The fraction of sp³-hybridized carbons (Fsp3) is 0.278. The van der Waals surface area contributed by atoms with Crippen LogP contribution in [0.15, 0.2) is 53.9 Å². The number of nitrogens with zero attached hydrogens (tertiary/aromatic N) is 2. The minimum absolute atomic E-state index is 0.358. The number of benzene rings is 1. The zero-order chi connectivity index (χ0) is 17.0. The standard InChI is InChI=1S/C18H21N3O3/c1-2-3-11-23-17-8-6-15(7-9-17)13-20-18(22)24-21-14-16-5-4-10-19-12-16/h4-10,12,14H,2-3,11,13H2,1H3,(H,20,22). The van der Waals surface area contributed by atoms with Crippen molar-refractivity contribution < 1.29 is 14.4 Å². The first-order valence-corrected chi connectivity index (χ1v) is 7.88. The van der Waals surface area contributed by atoms with Crippen LogP contribution in [0, 0.1) is 0 Å². The highest BCUT2D eigenvalue weighted by atomic mass is 16.7. The van der Waals surface area contributed by atoms with Crippen molar-refractivity contribution in [3.63, 3.8) is 0 Å². The maximum absolute atomic E-state index is 11.6.